The smallest absolute Gasteiger partial charge is 0.218 e. The van der Waals surface area contributed by atoms with Crippen molar-refractivity contribution in [1.82, 2.24) is 15.2 Å². The minimum atomic E-state index is 0.483. The standard InChI is InChI=1S/C17H18N4O2/c1-22-15-9-5-8-14(10-18-17-19-12-20-21-17)16(15)23-11-13-6-3-2-4-7-13/h2-9,12H,10-11H2,1H3,(H2,18,19,20,21). The Labute approximate surface area is 134 Å². The van der Waals surface area contributed by atoms with Crippen LogP contribution in [0.25, 0.3) is 0 Å². The molecule has 0 bridgehead atoms. The topological polar surface area (TPSA) is 72.1 Å². The van der Waals surface area contributed by atoms with Gasteiger partial charge in [-0.15, -0.1) is 0 Å². The fraction of sp³-hybridized carbons (Fsp3) is 0.176. The van der Waals surface area contributed by atoms with E-state index in [9.17, 15) is 0 Å². The van der Waals surface area contributed by atoms with Crippen LogP contribution in [0.15, 0.2) is 54.9 Å². The third-order valence-electron chi connectivity index (χ3n) is 3.37. The normalized spacial score (nSPS) is 10.3. The van der Waals surface area contributed by atoms with Gasteiger partial charge in [-0.3, -0.25) is 0 Å². The highest BCUT2D eigenvalue weighted by molar-refractivity contribution is 5.48. The van der Waals surface area contributed by atoms with Crippen LogP contribution in [0.4, 0.5) is 5.95 Å². The zero-order valence-electron chi connectivity index (χ0n) is 12.8. The number of hydrogen-bond acceptors (Lipinski definition) is 5. The molecule has 6 nitrogen and oxygen atoms in total. The van der Waals surface area contributed by atoms with Crippen LogP contribution in [0, 0.1) is 0 Å². The van der Waals surface area contributed by atoms with Gasteiger partial charge in [0.2, 0.25) is 5.95 Å². The Morgan fingerprint density at radius 2 is 1.96 bits per heavy atom. The van der Waals surface area contributed by atoms with E-state index in [1.54, 1.807) is 7.11 Å². The van der Waals surface area contributed by atoms with Crippen molar-refractivity contribution in [3.8, 4) is 11.5 Å². The maximum atomic E-state index is 6.00. The molecule has 1 heterocycles. The Kier molecular flexibility index (Phi) is 4.73. The number of H-pyrrole nitrogens is 1. The summed E-state index contributed by atoms with van der Waals surface area (Å²) in [6, 6.07) is 15.8. The Hall–Kier alpha value is -3.02. The van der Waals surface area contributed by atoms with Crippen LogP contribution in [-0.2, 0) is 13.2 Å². The van der Waals surface area contributed by atoms with Crippen LogP contribution in [0.5, 0.6) is 11.5 Å². The fourth-order valence-corrected chi connectivity index (χ4v) is 2.22. The summed E-state index contributed by atoms with van der Waals surface area (Å²) in [6.07, 6.45) is 1.46. The van der Waals surface area contributed by atoms with Crippen LogP contribution in [0.3, 0.4) is 0 Å². The molecule has 0 radical (unpaired) electrons. The number of nitrogens with zero attached hydrogens (tertiary/aromatic N) is 2. The van der Waals surface area contributed by atoms with Crippen molar-refractivity contribution in [3.05, 3.63) is 66.0 Å². The summed E-state index contributed by atoms with van der Waals surface area (Å²) in [5, 5.41) is 9.75. The molecule has 23 heavy (non-hydrogen) atoms. The molecule has 0 amide bonds. The second-order valence-corrected chi connectivity index (χ2v) is 4.91. The zero-order valence-corrected chi connectivity index (χ0v) is 12.8. The number of nitrogens with one attached hydrogen (secondary N) is 2. The predicted molar refractivity (Wildman–Crippen MR) is 87.5 cm³/mol. The summed E-state index contributed by atoms with van der Waals surface area (Å²) in [6.45, 7) is 1.03. The number of methoxy groups -OCH3 is 1. The average molecular weight is 310 g/mol. The number of benzene rings is 2. The Morgan fingerprint density at radius 3 is 2.70 bits per heavy atom. The first-order valence-electron chi connectivity index (χ1n) is 7.28. The molecular formula is C17H18N4O2. The van der Waals surface area contributed by atoms with Gasteiger partial charge in [0.1, 0.15) is 12.9 Å². The maximum Gasteiger partial charge on any atom is 0.218 e. The third kappa shape index (κ3) is 3.79. The van der Waals surface area contributed by atoms with Gasteiger partial charge >= 0.3 is 0 Å². The van der Waals surface area contributed by atoms with E-state index in [0.29, 0.717) is 24.8 Å². The molecule has 1 aromatic heterocycles. The molecule has 2 N–H and O–H groups in total. The lowest BCUT2D eigenvalue weighted by Crippen LogP contribution is -2.06. The highest BCUT2D eigenvalue weighted by atomic mass is 16.5. The third-order valence-corrected chi connectivity index (χ3v) is 3.37. The average Bonchev–Trinajstić information content (AvgIpc) is 3.12. The molecule has 0 fully saturated rings. The Morgan fingerprint density at radius 1 is 1.09 bits per heavy atom. The minimum Gasteiger partial charge on any atom is -0.493 e. The molecule has 0 aliphatic heterocycles. The van der Waals surface area contributed by atoms with Crippen molar-refractivity contribution < 1.29 is 9.47 Å². The summed E-state index contributed by atoms with van der Waals surface area (Å²) in [7, 11) is 1.64. The van der Waals surface area contributed by atoms with E-state index in [2.05, 4.69) is 20.5 Å². The number of ether oxygens (including phenoxy) is 2. The molecule has 2 aromatic carbocycles. The van der Waals surface area contributed by atoms with Crippen molar-refractivity contribution in [2.24, 2.45) is 0 Å². The highest BCUT2D eigenvalue weighted by Crippen LogP contribution is 2.32. The molecule has 0 unspecified atom stereocenters. The summed E-state index contributed by atoms with van der Waals surface area (Å²) in [5.74, 6) is 2.05. The summed E-state index contributed by atoms with van der Waals surface area (Å²) >= 11 is 0. The fourth-order valence-electron chi connectivity index (χ4n) is 2.22. The van der Waals surface area contributed by atoms with E-state index in [-0.39, 0.29) is 0 Å². The predicted octanol–water partition coefficient (Wildman–Crippen LogP) is 3.00. The maximum absolute atomic E-state index is 6.00. The van der Waals surface area contributed by atoms with Gasteiger partial charge in [-0.2, -0.15) is 5.10 Å². The lowest BCUT2D eigenvalue weighted by molar-refractivity contribution is 0.281. The summed E-state index contributed by atoms with van der Waals surface area (Å²) in [4.78, 5) is 4.05. The van der Waals surface area contributed by atoms with Gasteiger partial charge in [-0.05, 0) is 11.6 Å². The molecule has 0 aliphatic carbocycles. The first kappa shape index (κ1) is 14.9. The van der Waals surface area contributed by atoms with Crippen LogP contribution < -0.4 is 14.8 Å². The largest absolute Gasteiger partial charge is 0.493 e. The van der Waals surface area contributed by atoms with Gasteiger partial charge < -0.3 is 14.8 Å². The van der Waals surface area contributed by atoms with Crippen molar-refractivity contribution in [2.75, 3.05) is 12.4 Å². The lowest BCUT2D eigenvalue weighted by Gasteiger charge is -2.15. The van der Waals surface area contributed by atoms with Gasteiger partial charge in [0.25, 0.3) is 0 Å². The van der Waals surface area contributed by atoms with Crippen LogP contribution in [-0.4, -0.2) is 22.3 Å². The second kappa shape index (κ2) is 7.31. The molecule has 3 rings (SSSR count). The first-order chi connectivity index (χ1) is 11.4. The Balaban J connectivity index is 1.75. The second-order valence-electron chi connectivity index (χ2n) is 4.91. The van der Waals surface area contributed by atoms with Crippen molar-refractivity contribution in [1.29, 1.82) is 0 Å². The zero-order chi connectivity index (χ0) is 15.9. The number of aromatic nitrogens is 3. The van der Waals surface area contributed by atoms with Gasteiger partial charge in [0.15, 0.2) is 11.5 Å². The van der Waals surface area contributed by atoms with Crippen molar-refractivity contribution in [3.63, 3.8) is 0 Å². The van der Waals surface area contributed by atoms with E-state index < -0.39 is 0 Å². The van der Waals surface area contributed by atoms with Crippen LogP contribution in [0.1, 0.15) is 11.1 Å². The first-order valence-corrected chi connectivity index (χ1v) is 7.28. The lowest BCUT2D eigenvalue weighted by atomic mass is 10.1. The van der Waals surface area contributed by atoms with E-state index in [1.807, 2.05) is 48.5 Å². The molecule has 0 saturated heterocycles. The highest BCUT2D eigenvalue weighted by Gasteiger charge is 2.11. The van der Waals surface area contributed by atoms with Crippen LogP contribution in [0.2, 0.25) is 0 Å². The molecule has 6 heteroatoms. The SMILES string of the molecule is COc1cccc(CNc2ncn[nH]2)c1OCc1ccccc1. The number of anilines is 1. The monoisotopic (exact) mass is 310 g/mol. The van der Waals surface area contributed by atoms with Crippen molar-refractivity contribution in [2.45, 2.75) is 13.2 Å². The quantitative estimate of drug-likeness (QED) is 0.702. The number of hydrogen-bond donors (Lipinski definition) is 2. The van der Waals surface area contributed by atoms with Gasteiger partial charge in [-0.1, -0.05) is 42.5 Å². The molecule has 118 valence electrons. The van der Waals surface area contributed by atoms with E-state index in [1.165, 1.54) is 6.33 Å². The number of aromatic amines is 1. The molecule has 0 aliphatic rings. The van der Waals surface area contributed by atoms with Gasteiger partial charge in [0, 0.05) is 12.1 Å². The summed E-state index contributed by atoms with van der Waals surface area (Å²) in [5.41, 5.74) is 2.09. The number of rotatable bonds is 7. The van der Waals surface area contributed by atoms with Crippen molar-refractivity contribution >= 4 is 5.95 Å². The molecular weight excluding hydrogens is 292 g/mol. The molecule has 0 spiro atoms. The number of para-hydroxylation sites is 1. The Bertz CT molecular complexity index is 730. The van der Waals surface area contributed by atoms with Crippen LogP contribution >= 0.6 is 0 Å². The molecule has 0 atom stereocenters. The minimum absolute atomic E-state index is 0.483. The molecule has 3 aromatic rings. The van der Waals surface area contributed by atoms with Gasteiger partial charge in [-0.25, -0.2) is 10.1 Å². The molecule has 0 saturated carbocycles. The van der Waals surface area contributed by atoms with E-state index >= 15 is 0 Å². The summed E-state index contributed by atoms with van der Waals surface area (Å²) < 4.78 is 11.4. The van der Waals surface area contributed by atoms with Gasteiger partial charge in [0.05, 0.1) is 7.11 Å². The van der Waals surface area contributed by atoms with E-state index in [4.69, 9.17) is 9.47 Å². The van der Waals surface area contributed by atoms with E-state index in [0.717, 1.165) is 16.9 Å².